The van der Waals surface area contributed by atoms with Crippen molar-refractivity contribution in [1.29, 1.82) is 0 Å². The summed E-state index contributed by atoms with van der Waals surface area (Å²) in [4.78, 5) is 18.1. The first-order valence-electron chi connectivity index (χ1n) is 6.64. The molecule has 2 N–H and O–H groups in total. The minimum Gasteiger partial charge on any atom is -0.502 e. The third-order valence-electron chi connectivity index (χ3n) is 3.29. The van der Waals surface area contributed by atoms with Crippen LogP contribution in [0.3, 0.4) is 0 Å². The lowest BCUT2D eigenvalue weighted by Crippen LogP contribution is -2.10. The van der Waals surface area contributed by atoms with Gasteiger partial charge < -0.3 is 10.1 Å². The van der Waals surface area contributed by atoms with Gasteiger partial charge in [0.15, 0.2) is 5.75 Å². The summed E-state index contributed by atoms with van der Waals surface area (Å²) in [5, 5.41) is 9.24. The third-order valence-corrected chi connectivity index (χ3v) is 3.29. The Balaban J connectivity index is 2.00. The quantitative estimate of drug-likeness (QED) is 0.774. The number of aromatic nitrogens is 2. The highest BCUT2D eigenvalue weighted by Gasteiger charge is 2.07. The van der Waals surface area contributed by atoms with Crippen molar-refractivity contribution in [1.82, 2.24) is 9.97 Å². The second-order valence-electron chi connectivity index (χ2n) is 4.74. The summed E-state index contributed by atoms with van der Waals surface area (Å²) < 4.78 is 0. The van der Waals surface area contributed by atoms with Crippen molar-refractivity contribution in [3.63, 3.8) is 0 Å². The van der Waals surface area contributed by atoms with Crippen LogP contribution in [-0.4, -0.2) is 15.1 Å². The SMILES string of the molecule is O=c1[nH]c(Cc2ccccc2-c2ccccc2)ncc1O. The van der Waals surface area contributed by atoms with E-state index in [1.165, 1.54) is 6.20 Å². The Morgan fingerprint density at radius 3 is 2.48 bits per heavy atom. The van der Waals surface area contributed by atoms with Crippen LogP contribution in [0.2, 0.25) is 0 Å². The number of hydrogen-bond donors (Lipinski definition) is 2. The molecule has 1 heterocycles. The van der Waals surface area contributed by atoms with Crippen molar-refractivity contribution < 1.29 is 5.11 Å². The maximum atomic E-state index is 11.4. The van der Waals surface area contributed by atoms with Gasteiger partial charge in [-0.05, 0) is 16.7 Å². The fourth-order valence-electron chi connectivity index (χ4n) is 2.27. The van der Waals surface area contributed by atoms with Gasteiger partial charge in [0.2, 0.25) is 0 Å². The van der Waals surface area contributed by atoms with Gasteiger partial charge in [-0.25, -0.2) is 4.98 Å². The second-order valence-corrected chi connectivity index (χ2v) is 4.74. The standard InChI is InChI=1S/C17H14N2O2/c20-15-11-18-16(19-17(15)21)10-13-8-4-5-9-14(13)12-6-2-1-3-7-12/h1-9,11,20H,10H2,(H,18,19,21). The maximum absolute atomic E-state index is 11.4. The van der Waals surface area contributed by atoms with Crippen molar-refractivity contribution in [2.45, 2.75) is 6.42 Å². The van der Waals surface area contributed by atoms with Crippen LogP contribution in [0, 0.1) is 0 Å². The van der Waals surface area contributed by atoms with Gasteiger partial charge in [-0.1, -0.05) is 54.6 Å². The third kappa shape index (κ3) is 2.84. The summed E-state index contributed by atoms with van der Waals surface area (Å²) in [5.41, 5.74) is 2.78. The molecule has 1 aromatic heterocycles. The molecule has 0 atom stereocenters. The zero-order chi connectivity index (χ0) is 14.7. The van der Waals surface area contributed by atoms with E-state index in [9.17, 15) is 9.90 Å². The van der Waals surface area contributed by atoms with E-state index in [4.69, 9.17) is 0 Å². The van der Waals surface area contributed by atoms with Crippen LogP contribution >= 0.6 is 0 Å². The van der Waals surface area contributed by atoms with Crippen LogP contribution < -0.4 is 5.56 Å². The van der Waals surface area contributed by atoms with E-state index in [1.54, 1.807) is 0 Å². The molecule has 0 spiro atoms. The molecule has 2 aromatic carbocycles. The molecule has 3 rings (SSSR count). The van der Waals surface area contributed by atoms with Crippen molar-refractivity contribution in [2.75, 3.05) is 0 Å². The molecule has 0 amide bonds. The number of nitrogens with zero attached hydrogens (tertiary/aromatic N) is 1. The number of hydrogen-bond acceptors (Lipinski definition) is 3. The van der Waals surface area contributed by atoms with Crippen LogP contribution in [0.5, 0.6) is 5.75 Å². The van der Waals surface area contributed by atoms with Gasteiger partial charge in [0, 0.05) is 6.42 Å². The van der Waals surface area contributed by atoms with E-state index in [1.807, 2.05) is 54.6 Å². The molecule has 0 aliphatic heterocycles. The number of H-pyrrole nitrogens is 1. The lowest BCUT2D eigenvalue weighted by molar-refractivity contribution is 0.462. The highest BCUT2D eigenvalue weighted by Crippen LogP contribution is 2.24. The predicted octanol–water partition coefficient (Wildman–Crippen LogP) is 2.73. The zero-order valence-electron chi connectivity index (χ0n) is 11.3. The molecule has 0 saturated carbocycles. The van der Waals surface area contributed by atoms with Crippen molar-refractivity contribution >= 4 is 0 Å². The molecule has 0 radical (unpaired) electrons. The molecule has 0 saturated heterocycles. The highest BCUT2D eigenvalue weighted by molar-refractivity contribution is 5.67. The number of rotatable bonds is 3. The molecule has 3 aromatic rings. The van der Waals surface area contributed by atoms with Gasteiger partial charge in [0.1, 0.15) is 5.82 Å². The predicted molar refractivity (Wildman–Crippen MR) is 81.2 cm³/mol. The van der Waals surface area contributed by atoms with E-state index in [0.717, 1.165) is 16.7 Å². The molecule has 4 nitrogen and oxygen atoms in total. The van der Waals surface area contributed by atoms with Gasteiger partial charge in [-0.3, -0.25) is 4.79 Å². The van der Waals surface area contributed by atoms with Crippen LogP contribution in [0.4, 0.5) is 0 Å². The number of nitrogens with one attached hydrogen (secondary N) is 1. The highest BCUT2D eigenvalue weighted by atomic mass is 16.3. The Bertz CT molecular complexity index is 810. The molecule has 104 valence electrons. The fourth-order valence-corrected chi connectivity index (χ4v) is 2.27. The molecule has 0 aliphatic carbocycles. The summed E-state index contributed by atoms with van der Waals surface area (Å²) in [6.07, 6.45) is 1.68. The zero-order valence-corrected chi connectivity index (χ0v) is 11.3. The largest absolute Gasteiger partial charge is 0.502 e. The van der Waals surface area contributed by atoms with Crippen LogP contribution in [-0.2, 0) is 6.42 Å². The second kappa shape index (κ2) is 5.63. The molecule has 0 fully saturated rings. The Kier molecular flexibility index (Phi) is 3.51. The summed E-state index contributed by atoms with van der Waals surface area (Å²) in [7, 11) is 0. The van der Waals surface area contributed by atoms with Crippen molar-refractivity contribution in [3.05, 3.63) is 82.5 Å². The van der Waals surface area contributed by atoms with Gasteiger partial charge in [0.25, 0.3) is 5.56 Å². The first-order chi connectivity index (χ1) is 10.2. The average molecular weight is 278 g/mol. The van der Waals surface area contributed by atoms with E-state index in [0.29, 0.717) is 12.2 Å². The Morgan fingerprint density at radius 2 is 1.71 bits per heavy atom. The molecular formula is C17H14N2O2. The smallest absolute Gasteiger partial charge is 0.293 e. The van der Waals surface area contributed by atoms with Crippen LogP contribution in [0.15, 0.2) is 65.6 Å². The topological polar surface area (TPSA) is 66.0 Å². The Hall–Kier alpha value is -2.88. The monoisotopic (exact) mass is 278 g/mol. The van der Waals surface area contributed by atoms with E-state index in [2.05, 4.69) is 9.97 Å². The van der Waals surface area contributed by atoms with Crippen molar-refractivity contribution in [2.24, 2.45) is 0 Å². The average Bonchev–Trinajstić information content (AvgIpc) is 2.52. The Morgan fingerprint density at radius 1 is 1.00 bits per heavy atom. The molecule has 0 aliphatic rings. The van der Waals surface area contributed by atoms with E-state index >= 15 is 0 Å². The first-order valence-corrected chi connectivity index (χ1v) is 6.64. The number of aromatic amines is 1. The molecule has 21 heavy (non-hydrogen) atoms. The minimum absolute atomic E-state index is 0.366. The van der Waals surface area contributed by atoms with E-state index in [-0.39, 0.29) is 5.75 Å². The lowest BCUT2D eigenvalue weighted by Gasteiger charge is -2.09. The Labute approximate surface area is 121 Å². The van der Waals surface area contributed by atoms with Gasteiger partial charge >= 0.3 is 0 Å². The summed E-state index contributed by atoms with van der Waals surface area (Å²) in [6, 6.07) is 18.1. The number of aromatic hydroxyl groups is 1. The van der Waals surface area contributed by atoms with Crippen molar-refractivity contribution in [3.8, 4) is 16.9 Å². The molecule has 0 bridgehead atoms. The first kappa shape index (κ1) is 13.1. The molecular weight excluding hydrogens is 264 g/mol. The van der Waals surface area contributed by atoms with Gasteiger partial charge in [0.05, 0.1) is 6.20 Å². The maximum Gasteiger partial charge on any atom is 0.293 e. The molecule has 0 unspecified atom stereocenters. The van der Waals surface area contributed by atoms with Gasteiger partial charge in [-0.15, -0.1) is 0 Å². The van der Waals surface area contributed by atoms with Crippen LogP contribution in [0.25, 0.3) is 11.1 Å². The number of benzene rings is 2. The summed E-state index contributed by atoms with van der Waals surface area (Å²) in [5.74, 6) is 0.163. The lowest BCUT2D eigenvalue weighted by atomic mass is 9.97. The summed E-state index contributed by atoms with van der Waals surface area (Å²) in [6.45, 7) is 0. The normalized spacial score (nSPS) is 10.5. The minimum atomic E-state index is -0.516. The fraction of sp³-hybridized carbons (Fsp3) is 0.0588. The summed E-state index contributed by atoms with van der Waals surface area (Å²) >= 11 is 0. The molecule has 4 heteroatoms. The van der Waals surface area contributed by atoms with Crippen LogP contribution in [0.1, 0.15) is 11.4 Å². The van der Waals surface area contributed by atoms with Gasteiger partial charge in [-0.2, -0.15) is 0 Å². The van der Waals surface area contributed by atoms with E-state index < -0.39 is 5.56 Å².